The molecule has 1 aliphatic rings. The highest BCUT2D eigenvalue weighted by Gasteiger charge is 2.26. The van der Waals surface area contributed by atoms with E-state index in [4.69, 9.17) is 9.15 Å². The molecule has 2 amide bonds. The van der Waals surface area contributed by atoms with Crippen LogP contribution in [0.4, 0.5) is 0 Å². The molecule has 1 aliphatic heterocycles. The van der Waals surface area contributed by atoms with Crippen molar-refractivity contribution in [3.05, 3.63) is 54.0 Å². The molecule has 30 heavy (non-hydrogen) atoms. The van der Waals surface area contributed by atoms with Crippen molar-refractivity contribution in [3.63, 3.8) is 0 Å². The number of imide groups is 1. The van der Waals surface area contributed by atoms with Gasteiger partial charge in [-0.1, -0.05) is 12.1 Å². The Morgan fingerprint density at radius 1 is 1.07 bits per heavy atom. The molecule has 9 nitrogen and oxygen atoms in total. The summed E-state index contributed by atoms with van der Waals surface area (Å²) in [5.41, 5.74) is 0.768. The normalized spacial score (nSPS) is 14.4. The van der Waals surface area contributed by atoms with Crippen molar-refractivity contribution in [3.8, 4) is 0 Å². The van der Waals surface area contributed by atoms with Crippen LogP contribution >= 0.6 is 0 Å². The molecule has 1 N–H and O–H groups in total. The summed E-state index contributed by atoms with van der Waals surface area (Å²) in [6.07, 6.45) is 3.38. The minimum atomic E-state index is -3.47. The number of amides is 2. The van der Waals surface area contributed by atoms with Gasteiger partial charge in [-0.3, -0.25) is 19.7 Å². The maximum atomic E-state index is 12.5. The Kier molecular flexibility index (Phi) is 7.01. The third kappa shape index (κ3) is 5.55. The van der Waals surface area contributed by atoms with E-state index in [0.717, 1.165) is 18.4 Å². The predicted molar refractivity (Wildman–Crippen MR) is 105 cm³/mol. The van der Waals surface area contributed by atoms with Crippen LogP contribution in [0.1, 0.15) is 35.4 Å². The first kappa shape index (κ1) is 21.7. The summed E-state index contributed by atoms with van der Waals surface area (Å²) in [7, 11) is -3.47. The molecule has 0 atom stereocenters. The minimum absolute atomic E-state index is 0.0115. The number of nitrogens with one attached hydrogen (secondary N) is 1. The van der Waals surface area contributed by atoms with Crippen molar-refractivity contribution in [2.75, 3.05) is 19.7 Å². The monoisotopic (exact) mass is 434 g/mol. The van der Waals surface area contributed by atoms with Crippen molar-refractivity contribution >= 4 is 27.8 Å². The topological polar surface area (TPSA) is 123 Å². The first-order valence-corrected chi connectivity index (χ1v) is 10.9. The second kappa shape index (κ2) is 9.68. The highest BCUT2D eigenvalue weighted by atomic mass is 32.2. The van der Waals surface area contributed by atoms with Crippen molar-refractivity contribution in [1.82, 2.24) is 9.62 Å². The highest BCUT2D eigenvalue weighted by Crippen LogP contribution is 2.21. The molecule has 0 spiro atoms. The van der Waals surface area contributed by atoms with Crippen molar-refractivity contribution in [2.24, 2.45) is 0 Å². The number of carbonyl (C=O) groups is 3. The summed E-state index contributed by atoms with van der Waals surface area (Å²) in [5, 5.41) is 2.05. The van der Waals surface area contributed by atoms with Crippen LogP contribution in [0.2, 0.25) is 0 Å². The Bertz CT molecular complexity index is 992. The Morgan fingerprint density at radius 2 is 1.77 bits per heavy atom. The molecule has 160 valence electrons. The molecular formula is C20H22N2O7S. The Labute approximate surface area is 174 Å². The molecule has 3 rings (SSSR count). The summed E-state index contributed by atoms with van der Waals surface area (Å²) in [6.45, 7) is 0.492. The number of hydrogen-bond donors (Lipinski definition) is 1. The minimum Gasteiger partial charge on any atom is -0.459 e. The van der Waals surface area contributed by atoms with E-state index >= 15 is 0 Å². The smallest absolute Gasteiger partial charge is 0.306 e. The second-order valence-corrected chi connectivity index (χ2v) is 8.71. The van der Waals surface area contributed by atoms with Gasteiger partial charge in [0, 0.05) is 19.5 Å². The molecule has 10 heteroatoms. The van der Waals surface area contributed by atoms with Crippen LogP contribution in [0.5, 0.6) is 0 Å². The highest BCUT2D eigenvalue weighted by molar-refractivity contribution is 7.89. The Balaban J connectivity index is 1.42. The van der Waals surface area contributed by atoms with Gasteiger partial charge in [0.15, 0.2) is 12.4 Å². The molecule has 0 saturated carbocycles. The van der Waals surface area contributed by atoms with Crippen LogP contribution in [0.15, 0.2) is 52.0 Å². The van der Waals surface area contributed by atoms with Crippen LogP contribution in [0, 0.1) is 0 Å². The number of ether oxygens (including phenoxy) is 1. The molecule has 2 aromatic rings. The largest absolute Gasteiger partial charge is 0.459 e. The first-order valence-electron chi connectivity index (χ1n) is 9.48. The first-order chi connectivity index (χ1) is 14.4. The van der Waals surface area contributed by atoms with Gasteiger partial charge in [-0.25, -0.2) is 8.42 Å². The van der Waals surface area contributed by atoms with Crippen molar-refractivity contribution in [1.29, 1.82) is 0 Å². The molecule has 1 aromatic heterocycles. The summed E-state index contributed by atoms with van der Waals surface area (Å²) < 4.78 is 36.2. The molecule has 0 unspecified atom stereocenters. The van der Waals surface area contributed by atoms with Gasteiger partial charge in [0.25, 0.3) is 11.8 Å². The van der Waals surface area contributed by atoms with Crippen LogP contribution in [0.3, 0.4) is 0 Å². The van der Waals surface area contributed by atoms with Gasteiger partial charge in [-0.05, 0) is 49.1 Å². The third-order valence-electron chi connectivity index (χ3n) is 4.61. The zero-order chi connectivity index (χ0) is 21.6. The van der Waals surface area contributed by atoms with E-state index in [1.54, 1.807) is 12.1 Å². The third-order valence-corrected chi connectivity index (χ3v) is 6.52. The molecular weight excluding hydrogens is 412 g/mol. The lowest BCUT2D eigenvalue weighted by molar-refractivity contribution is -0.148. The van der Waals surface area contributed by atoms with Crippen LogP contribution < -0.4 is 5.32 Å². The fraction of sp³-hybridized carbons (Fsp3) is 0.350. The quantitative estimate of drug-likeness (QED) is 0.625. The Morgan fingerprint density at radius 3 is 2.40 bits per heavy atom. The summed E-state index contributed by atoms with van der Waals surface area (Å²) in [4.78, 5) is 35.4. The van der Waals surface area contributed by atoms with Crippen LogP contribution in [-0.4, -0.2) is 50.2 Å². The average molecular weight is 434 g/mol. The fourth-order valence-corrected chi connectivity index (χ4v) is 4.52. The fourth-order valence-electron chi connectivity index (χ4n) is 3.00. The number of sulfonamides is 1. The molecule has 0 radical (unpaired) electrons. The maximum Gasteiger partial charge on any atom is 0.306 e. The summed E-state index contributed by atoms with van der Waals surface area (Å²) in [5.74, 6) is -2.11. The number of esters is 1. The van der Waals surface area contributed by atoms with Gasteiger partial charge < -0.3 is 9.15 Å². The number of aryl methyl sites for hydroxylation is 1. The number of hydrogen-bond acceptors (Lipinski definition) is 7. The molecule has 1 saturated heterocycles. The molecule has 1 aromatic carbocycles. The van der Waals surface area contributed by atoms with Gasteiger partial charge in [0.2, 0.25) is 10.0 Å². The van der Waals surface area contributed by atoms with E-state index in [-0.39, 0.29) is 17.1 Å². The molecule has 2 heterocycles. The lowest BCUT2D eigenvalue weighted by atomic mass is 10.1. The van der Waals surface area contributed by atoms with Gasteiger partial charge in [0.05, 0.1) is 11.2 Å². The lowest BCUT2D eigenvalue weighted by Crippen LogP contribution is -2.34. The van der Waals surface area contributed by atoms with E-state index in [1.807, 2.05) is 5.32 Å². The SMILES string of the molecule is O=C(COC(=O)CCc1ccc(S(=O)(=O)N2CCCC2)cc1)NC(=O)c1ccco1. The Hall–Kier alpha value is -2.98. The summed E-state index contributed by atoms with van der Waals surface area (Å²) >= 11 is 0. The van der Waals surface area contributed by atoms with E-state index in [2.05, 4.69) is 0 Å². The zero-order valence-corrected chi connectivity index (χ0v) is 17.0. The molecule has 1 fully saturated rings. The molecule has 0 bridgehead atoms. The number of furan rings is 1. The van der Waals surface area contributed by atoms with Gasteiger partial charge in [-0.15, -0.1) is 0 Å². The predicted octanol–water partition coefficient (Wildman–Crippen LogP) is 1.50. The standard InChI is InChI=1S/C20H22N2O7S/c23-18(21-20(25)17-4-3-13-28-17)14-29-19(24)10-7-15-5-8-16(9-6-15)30(26,27)22-11-1-2-12-22/h3-6,8-9,13H,1-2,7,10-12,14H2,(H,21,23,25). The maximum absolute atomic E-state index is 12.5. The zero-order valence-electron chi connectivity index (χ0n) is 16.2. The lowest BCUT2D eigenvalue weighted by Gasteiger charge is -2.15. The molecule has 0 aliphatic carbocycles. The summed E-state index contributed by atoms with van der Waals surface area (Å²) in [6, 6.07) is 9.28. The number of nitrogens with zero attached hydrogens (tertiary/aromatic N) is 1. The van der Waals surface area contributed by atoms with Gasteiger partial charge in [-0.2, -0.15) is 4.31 Å². The van der Waals surface area contributed by atoms with E-state index in [1.165, 1.54) is 34.8 Å². The average Bonchev–Trinajstić information content (AvgIpc) is 3.45. The van der Waals surface area contributed by atoms with E-state index < -0.39 is 34.4 Å². The number of carbonyl (C=O) groups excluding carboxylic acids is 3. The van der Waals surface area contributed by atoms with Crippen LogP contribution in [0.25, 0.3) is 0 Å². The van der Waals surface area contributed by atoms with Gasteiger partial charge >= 0.3 is 5.97 Å². The van der Waals surface area contributed by atoms with E-state index in [0.29, 0.717) is 19.5 Å². The van der Waals surface area contributed by atoms with Crippen molar-refractivity contribution < 1.29 is 32.0 Å². The second-order valence-electron chi connectivity index (χ2n) is 6.77. The number of benzene rings is 1. The van der Waals surface area contributed by atoms with Crippen molar-refractivity contribution in [2.45, 2.75) is 30.6 Å². The van der Waals surface area contributed by atoms with E-state index in [9.17, 15) is 22.8 Å². The van der Waals surface area contributed by atoms with Crippen LogP contribution in [-0.2, 0) is 30.8 Å². The van der Waals surface area contributed by atoms with Gasteiger partial charge in [0.1, 0.15) is 0 Å². The number of rotatable bonds is 8.